The Bertz CT molecular complexity index is 673. The Morgan fingerprint density at radius 1 is 1.41 bits per heavy atom. The maximum absolute atomic E-state index is 11.6. The van der Waals surface area contributed by atoms with Crippen LogP contribution in [0.5, 0.6) is 0 Å². The summed E-state index contributed by atoms with van der Waals surface area (Å²) in [4.78, 5) is 39.0. The Morgan fingerprint density at radius 3 is 2.76 bits per heavy atom. The third kappa shape index (κ3) is 1.71. The molecule has 8 nitrogen and oxygen atoms in total. The number of hydrogen-bond donors (Lipinski definition) is 2. The third-order valence-electron chi connectivity index (χ3n) is 2.12. The van der Waals surface area contributed by atoms with Crippen LogP contribution >= 0.6 is 0 Å². The van der Waals surface area contributed by atoms with Gasteiger partial charge in [0, 0.05) is 6.20 Å². The van der Waals surface area contributed by atoms with Gasteiger partial charge in [-0.1, -0.05) is 0 Å². The fraction of sp³-hybridized carbons (Fsp3) is 0. The fourth-order valence-corrected chi connectivity index (χ4v) is 1.37. The zero-order chi connectivity index (χ0) is 12.4. The largest absolute Gasteiger partial charge is 0.383 e. The molecule has 17 heavy (non-hydrogen) atoms. The van der Waals surface area contributed by atoms with E-state index in [1.807, 2.05) is 4.98 Å². The van der Waals surface area contributed by atoms with E-state index < -0.39 is 16.9 Å². The Labute approximate surface area is 93.7 Å². The van der Waals surface area contributed by atoms with Crippen LogP contribution in [0.25, 0.3) is 5.69 Å². The number of anilines is 1. The highest BCUT2D eigenvalue weighted by molar-refractivity contribution is 5.58. The molecule has 8 heteroatoms. The first kappa shape index (κ1) is 10.7. The van der Waals surface area contributed by atoms with Gasteiger partial charge in [-0.05, 0) is 17.3 Å². The van der Waals surface area contributed by atoms with Crippen LogP contribution in [0, 0.1) is 4.91 Å². The summed E-state index contributed by atoms with van der Waals surface area (Å²) in [5, 5.41) is 2.50. The summed E-state index contributed by atoms with van der Waals surface area (Å²) < 4.78 is 0.950. The van der Waals surface area contributed by atoms with Gasteiger partial charge in [0.05, 0.1) is 11.9 Å². The monoisotopic (exact) mass is 233 g/mol. The second-order valence-corrected chi connectivity index (χ2v) is 3.13. The lowest BCUT2D eigenvalue weighted by Gasteiger charge is -2.08. The fourth-order valence-electron chi connectivity index (χ4n) is 1.37. The van der Waals surface area contributed by atoms with E-state index in [2.05, 4.69) is 10.2 Å². The molecular formula is C9H7N5O3. The average Bonchev–Trinajstić information content (AvgIpc) is 2.30. The average molecular weight is 233 g/mol. The number of nitrogens with zero attached hydrogens (tertiary/aromatic N) is 3. The molecule has 0 fully saturated rings. The van der Waals surface area contributed by atoms with Crippen LogP contribution in [0.15, 0.2) is 39.3 Å². The molecule has 3 N–H and O–H groups in total. The van der Waals surface area contributed by atoms with Gasteiger partial charge >= 0.3 is 5.69 Å². The second kappa shape index (κ2) is 4.00. The summed E-state index contributed by atoms with van der Waals surface area (Å²) in [6.07, 6.45) is 2.87. The summed E-state index contributed by atoms with van der Waals surface area (Å²) in [5.41, 5.74) is 3.67. The van der Waals surface area contributed by atoms with Crippen LogP contribution in [0.1, 0.15) is 0 Å². The predicted molar refractivity (Wildman–Crippen MR) is 60.3 cm³/mol. The molecular weight excluding hydrogens is 226 g/mol. The zero-order valence-electron chi connectivity index (χ0n) is 8.45. The molecule has 0 spiro atoms. The maximum Gasteiger partial charge on any atom is 0.334 e. The number of H-pyrrole nitrogens is 1. The molecule has 0 radical (unpaired) electrons. The molecule has 86 valence electrons. The minimum absolute atomic E-state index is 0.318. The van der Waals surface area contributed by atoms with Crippen molar-refractivity contribution in [2.45, 2.75) is 0 Å². The number of nitrogen functional groups attached to an aromatic ring is 1. The minimum Gasteiger partial charge on any atom is -0.383 e. The van der Waals surface area contributed by atoms with E-state index >= 15 is 0 Å². The standard InChI is InChI=1S/C9H7N5O3/c10-7-6(13-17)8(15)12-9(16)14(7)5-2-1-3-11-4-5/h1-4H,10H2,(H,12,15,16). The van der Waals surface area contributed by atoms with Crippen molar-refractivity contribution in [3.8, 4) is 5.69 Å². The predicted octanol–water partition coefficient (Wildman–Crippen LogP) is -0.0991. The van der Waals surface area contributed by atoms with Gasteiger partial charge in [-0.3, -0.25) is 14.8 Å². The lowest BCUT2D eigenvalue weighted by atomic mass is 10.4. The Balaban J connectivity index is 2.84. The van der Waals surface area contributed by atoms with Gasteiger partial charge in [-0.25, -0.2) is 9.36 Å². The van der Waals surface area contributed by atoms with Crippen molar-refractivity contribution >= 4 is 11.5 Å². The molecule has 0 aliphatic rings. The van der Waals surface area contributed by atoms with Crippen molar-refractivity contribution < 1.29 is 0 Å². The van der Waals surface area contributed by atoms with Crippen molar-refractivity contribution in [2.75, 3.05) is 5.73 Å². The summed E-state index contributed by atoms with van der Waals surface area (Å²) in [7, 11) is 0. The second-order valence-electron chi connectivity index (χ2n) is 3.13. The minimum atomic E-state index is -0.914. The van der Waals surface area contributed by atoms with Crippen LogP contribution < -0.4 is 17.0 Å². The van der Waals surface area contributed by atoms with Gasteiger partial charge in [-0.15, -0.1) is 4.91 Å². The highest BCUT2D eigenvalue weighted by Gasteiger charge is 2.13. The maximum atomic E-state index is 11.6. The van der Waals surface area contributed by atoms with Crippen LogP contribution in [0.4, 0.5) is 11.5 Å². The summed E-state index contributed by atoms with van der Waals surface area (Å²) in [5.74, 6) is -0.318. The van der Waals surface area contributed by atoms with Gasteiger partial charge in [-0.2, -0.15) is 0 Å². The summed E-state index contributed by atoms with van der Waals surface area (Å²) >= 11 is 0. The van der Waals surface area contributed by atoms with Gasteiger partial charge in [0.25, 0.3) is 5.56 Å². The number of hydrogen-bond acceptors (Lipinski definition) is 6. The van der Waals surface area contributed by atoms with Crippen LogP contribution in [0.2, 0.25) is 0 Å². The third-order valence-corrected chi connectivity index (χ3v) is 2.12. The normalized spacial score (nSPS) is 10.1. The van der Waals surface area contributed by atoms with Gasteiger partial charge in [0.2, 0.25) is 5.69 Å². The van der Waals surface area contributed by atoms with Crippen LogP contribution in [0.3, 0.4) is 0 Å². The number of pyridine rings is 1. The van der Waals surface area contributed by atoms with Crippen molar-refractivity contribution in [1.82, 2.24) is 14.5 Å². The highest BCUT2D eigenvalue weighted by Crippen LogP contribution is 2.16. The Hall–Kier alpha value is -2.77. The zero-order valence-corrected chi connectivity index (χ0v) is 8.45. The number of nitrogens with one attached hydrogen (secondary N) is 1. The van der Waals surface area contributed by atoms with E-state index in [9.17, 15) is 14.5 Å². The molecule has 2 heterocycles. The summed E-state index contributed by atoms with van der Waals surface area (Å²) in [6.45, 7) is 0. The number of nitroso groups, excluding NO2 is 1. The first-order valence-electron chi connectivity index (χ1n) is 4.53. The smallest absolute Gasteiger partial charge is 0.334 e. The SMILES string of the molecule is Nc1c(N=O)c(=O)[nH]c(=O)n1-c1cccnc1. The lowest BCUT2D eigenvalue weighted by molar-refractivity contribution is 0.902. The topological polar surface area (TPSA) is 123 Å². The van der Waals surface area contributed by atoms with Gasteiger partial charge in [0.15, 0.2) is 0 Å². The molecule has 2 aromatic heterocycles. The van der Waals surface area contributed by atoms with E-state index in [-0.39, 0.29) is 5.82 Å². The molecule has 0 aromatic carbocycles. The molecule has 0 atom stereocenters. The van der Waals surface area contributed by atoms with E-state index in [0.29, 0.717) is 5.69 Å². The van der Waals surface area contributed by atoms with Crippen molar-refractivity contribution in [1.29, 1.82) is 0 Å². The first-order chi connectivity index (χ1) is 8.15. The molecule has 0 bridgehead atoms. The molecule has 0 amide bonds. The van der Waals surface area contributed by atoms with E-state index in [0.717, 1.165) is 4.57 Å². The number of aromatic nitrogens is 3. The molecule has 0 saturated carbocycles. The molecule has 0 aliphatic carbocycles. The van der Waals surface area contributed by atoms with Crippen molar-refractivity contribution in [3.63, 3.8) is 0 Å². The first-order valence-corrected chi connectivity index (χ1v) is 4.53. The molecule has 0 aliphatic heterocycles. The Kier molecular flexibility index (Phi) is 2.53. The molecule has 0 unspecified atom stereocenters. The van der Waals surface area contributed by atoms with E-state index in [1.54, 1.807) is 12.1 Å². The number of rotatable bonds is 2. The van der Waals surface area contributed by atoms with E-state index in [4.69, 9.17) is 5.73 Å². The van der Waals surface area contributed by atoms with Gasteiger partial charge < -0.3 is 5.73 Å². The summed E-state index contributed by atoms with van der Waals surface area (Å²) in [6, 6.07) is 3.14. The number of nitrogens with two attached hydrogens (primary N) is 1. The number of aromatic amines is 1. The van der Waals surface area contributed by atoms with Crippen LogP contribution in [-0.4, -0.2) is 14.5 Å². The Morgan fingerprint density at radius 2 is 2.18 bits per heavy atom. The van der Waals surface area contributed by atoms with Crippen molar-refractivity contribution in [2.24, 2.45) is 5.18 Å². The highest BCUT2D eigenvalue weighted by atomic mass is 16.3. The molecule has 2 aromatic rings. The van der Waals surface area contributed by atoms with Crippen LogP contribution in [-0.2, 0) is 0 Å². The van der Waals surface area contributed by atoms with E-state index in [1.165, 1.54) is 12.4 Å². The van der Waals surface area contributed by atoms with Crippen molar-refractivity contribution in [3.05, 3.63) is 50.3 Å². The quantitative estimate of drug-likeness (QED) is 0.701. The van der Waals surface area contributed by atoms with Gasteiger partial charge in [0.1, 0.15) is 5.82 Å². The molecule has 0 saturated heterocycles. The lowest BCUT2D eigenvalue weighted by Crippen LogP contribution is -2.30. The molecule has 2 rings (SSSR count).